The van der Waals surface area contributed by atoms with Gasteiger partial charge in [-0.15, -0.1) is 11.3 Å². The summed E-state index contributed by atoms with van der Waals surface area (Å²) in [5.41, 5.74) is 2.83. The maximum absolute atomic E-state index is 12.5. The number of hydrogen-bond donors (Lipinski definition) is 0. The molecule has 1 heterocycles. The van der Waals surface area contributed by atoms with Crippen LogP contribution in [0, 0.1) is 10.5 Å². The number of rotatable bonds is 2. The molecule has 2 aromatic carbocycles. The third-order valence-corrected chi connectivity index (χ3v) is 6.14. The molecule has 24 heavy (non-hydrogen) atoms. The average molecular weight is 513 g/mol. The van der Waals surface area contributed by atoms with Crippen molar-refractivity contribution in [3.8, 4) is 11.3 Å². The molecule has 0 spiro atoms. The highest BCUT2D eigenvalue weighted by atomic mass is 127. The lowest BCUT2D eigenvalue weighted by atomic mass is 10.1. The molecular formula is C18H14BrIN2OS. The van der Waals surface area contributed by atoms with E-state index in [9.17, 15) is 4.79 Å². The van der Waals surface area contributed by atoms with Gasteiger partial charge in [0.05, 0.1) is 11.3 Å². The van der Waals surface area contributed by atoms with E-state index in [1.54, 1.807) is 0 Å². The minimum absolute atomic E-state index is 0.209. The van der Waals surface area contributed by atoms with Gasteiger partial charge in [0.2, 0.25) is 0 Å². The van der Waals surface area contributed by atoms with E-state index >= 15 is 0 Å². The van der Waals surface area contributed by atoms with Crippen molar-refractivity contribution in [2.45, 2.75) is 6.92 Å². The van der Waals surface area contributed by atoms with Gasteiger partial charge in [-0.05, 0) is 59.3 Å². The summed E-state index contributed by atoms with van der Waals surface area (Å²) in [6.45, 7) is 2.05. The van der Waals surface area contributed by atoms with Crippen LogP contribution in [-0.4, -0.2) is 10.5 Å². The summed E-state index contributed by atoms with van der Waals surface area (Å²) in [6, 6.07) is 15.6. The molecule has 0 aliphatic heterocycles. The van der Waals surface area contributed by atoms with Crippen LogP contribution in [0.5, 0.6) is 0 Å². The van der Waals surface area contributed by atoms with Crippen LogP contribution in [0.4, 0.5) is 0 Å². The zero-order valence-electron chi connectivity index (χ0n) is 13.1. The van der Waals surface area contributed by atoms with Crippen LogP contribution in [0.3, 0.4) is 0 Å². The van der Waals surface area contributed by atoms with Crippen LogP contribution >= 0.6 is 49.9 Å². The number of carbonyl (C=O) groups is 1. The van der Waals surface area contributed by atoms with Crippen LogP contribution in [0.2, 0.25) is 0 Å². The molecule has 0 aliphatic carbocycles. The molecule has 0 fully saturated rings. The van der Waals surface area contributed by atoms with Crippen LogP contribution in [0.15, 0.2) is 58.0 Å². The first-order chi connectivity index (χ1) is 11.5. The van der Waals surface area contributed by atoms with Crippen LogP contribution in [0.25, 0.3) is 11.3 Å². The molecule has 0 saturated heterocycles. The highest BCUT2D eigenvalue weighted by molar-refractivity contribution is 14.1. The van der Waals surface area contributed by atoms with Gasteiger partial charge in [0.15, 0.2) is 4.80 Å². The molecule has 0 atom stereocenters. The molecule has 0 radical (unpaired) electrons. The number of aromatic nitrogens is 1. The fraction of sp³-hybridized carbons (Fsp3) is 0.111. The summed E-state index contributed by atoms with van der Waals surface area (Å²) in [4.78, 5) is 18.7. The second-order valence-electron chi connectivity index (χ2n) is 5.25. The molecule has 6 heteroatoms. The third-order valence-electron chi connectivity index (χ3n) is 3.62. The zero-order valence-corrected chi connectivity index (χ0v) is 17.6. The molecule has 0 aliphatic rings. The van der Waals surface area contributed by atoms with Crippen LogP contribution in [0.1, 0.15) is 15.2 Å². The van der Waals surface area contributed by atoms with Gasteiger partial charge in [0.25, 0.3) is 5.91 Å². The van der Waals surface area contributed by atoms with E-state index in [1.165, 1.54) is 11.3 Å². The van der Waals surface area contributed by atoms with Crippen molar-refractivity contribution in [3.63, 3.8) is 0 Å². The van der Waals surface area contributed by atoms with Gasteiger partial charge in [0.1, 0.15) is 0 Å². The standard InChI is InChI=1S/C18H14BrIN2OS/c1-11-16(12-7-9-13(19)10-8-12)22(2)18(24-11)21-17(23)14-5-3-4-6-15(14)20/h3-10H,1-2H3. The van der Waals surface area contributed by atoms with Crippen molar-refractivity contribution in [3.05, 3.63) is 71.8 Å². The van der Waals surface area contributed by atoms with E-state index in [4.69, 9.17) is 0 Å². The zero-order chi connectivity index (χ0) is 17.3. The quantitative estimate of drug-likeness (QED) is 0.436. The Morgan fingerprint density at radius 3 is 2.50 bits per heavy atom. The molecule has 122 valence electrons. The minimum Gasteiger partial charge on any atom is -0.319 e. The summed E-state index contributed by atoms with van der Waals surface area (Å²) in [5.74, 6) is -0.209. The predicted octanol–water partition coefficient (Wildman–Crippen LogP) is 5.17. The molecule has 0 bridgehead atoms. The van der Waals surface area contributed by atoms with Crippen molar-refractivity contribution in [2.75, 3.05) is 0 Å². The summed E-state index contributed by atoms with van der Waals surface area (Å²) < 4.78 is 3.94. The number of benzene rings is 2. The maximum atomic E-state index is 12.5. The Balaban J connectivity index is 2.07. The largest absolute Gasteiger partial charge is 0.319 e. The molecule has 0 saturated carbocycles. The van der Waals surface area contributed by atoms with Crippen molar-refractivity contribution in [1.29, 1.82) is 0 Å². The lowest BCUT2D eigenvalue weighted by molar-refractivity contribution is 0.0997. The Kier molecular flexibility index (Phi) is 5.36. The van der Waals surface area contributed by atoms with Crippen molar-refractivity contribution >= 4 is 55.8 Å². The lowest BCUT2D eigenvalue weighted by Crippen LogP contribution is -2.14. The SMILES string of the molecule is Cc1sc(=NC(=O)c2ccccc2I)n(C)c1-c1ccc(Br)cc1. The second kappa shape index (κ2) is 7.33. The number of nitrogens with zero attached hydrogens (tertiary/aromatic N) is 2. The van der Waals surface area contributed by atoms with E-state index in [1.807, 2.05) is 48.0 Å². The first-order valence-electron chi connectivity index (χ1n) is 7.23. The van der Waals surface area contributed by atoms with Crippen molar-refractivity contribution < 1.29 is 4.79 Å². The molecule has 3 nitrogen and oxygen atoms in total. The van der Waals surface area contributed by atoms with Crippen LogP contribution in [-0.2, 0) is 7.05 Å². The summed E-state index contributed by atoms with van der Waals surface area (Å²) in [5, 5.41) is 0. The minimum atomic E-state index is -0.209. The van der Waals surface area contributed by atoms with Gasteiger partial charge in [-0.1, -0.05) is 40.2 Å². The first-order valence-corrected chi connectivity index (χ1v) is 9.92. The molecule has 0 N–H and O–H groups in total. The number of hydrogen-bond acceptors (Lipinski definition) is 2. The number of aryl methyl sites for hydroxylation is 1. The molecule has 3 rings (SSSR count). The molecule has 0 unspecified atom stereocenters. The molecule has 3 aromatic rings. The van der Waals surface area contributed by atoms with E-state index < -0.39 is 0 Å². The predicted molar refractivity (Wildman–Crippen MR) is 110 cm³/mol. The number of thiazole rings is 1. The monoisotopic (exact) mass is 512 g/mol. The van der Waals surface area contributed by atoms with Gasteiger partial charge >= 0.3 is 0 Å². The number of halogens is 2. The fourth-order valence-corrected chi connectivity index (χ4v) is 4.33. The normalized spacial score (nSPS) is 11.8. The Morgan fingerprint density at radius 2 is 1.83 bits per heavy atom. The maximum Gasteiger partial charge on any atom is 0.280 e. The van der Waals surface area contributed by atoms with Crippen molar-refractivity contribution in [1.82, 2.24) is 4.57 Å². The highest BCUT2D eigenvalue weighted by Gasteiger charge is 2.12. The summed E-state index contributed by atoms with van der Waals surface area (Å²) in [6.07, 6.45) is 0. The fourth-order valence-electron chi connectivity index (χ4n) is 2.47. The second-order valence-corrected chi connectivity index (χ2v) is 8.51. The van der Waals surface area contributed by atoms with E-state index in [0.29, 0.717) is 10.4 Å². The first kappa shape index (κ1) is 17.6. The number of carbonyl (C=O) groups excluding carboxylic acids is 1. The molecular weight excluding hydrogens is 499 g/mol. The topological polar surface area (TPSA) is 34.4 Å². The van der Waals surface area contributed by atoms with E-state index in [-0.39, 0.29) is 5.91 Å². The Labute approximate surface area is 166 Å². The van der Waals surface area contributed by atoms with E-state index in [2.05, 4.69) is 62.6 Å². The van der Waals surface area contributed by atoms with Gasteiger partial charge in [-0.3, -0.25) is 4.79 Å². The summed E-state index contributed by atoms with van der Waals surface area (Å²) >= 11 is 7.15. The summed E-state index contributed by atoms with van der Waals surface area (Å²) in [7, 11) is 1.95. The number of amides is 1. The highest BCUT2D eigenvalue weighted by Crippen LogP contribution is 2.26. The lowest BCUT2D eigenvalue weighted by Gasteiger charge is -2.05. The van der Waals surface area contributed by atoms with Gasteiger partial charge < -0.3 is 4.57 Å². The van der Waals surface area contributed by atoms with Gasteiger partial charge in [-0.2, -0.15) is 4.99 Å². The Hall–Kier alpha value is -1.25. The van der Waals surface area contributed by atoms with Gasteiger partial charge in [-0.25, -0.2) is 0 Å². The molecule has 1 aromatic heterocycles. The Morgan fingerprint density at radius 1 is 1.17 bits per heavy atom. The van der Waals surface area contributed by atoms with Crippen LogP contribution < -0.4 is 4.80 Å². The third kappa shape index (κ3) is 3.55. The molecule has 1 amide bonds. The smallest absolute Gasteiger partial charge is 0.280 e. The average Bonchev–Trinajstić information content (AvgIpc) is 2.83. The van der Waals surface area contributed by atoms with Crippen molar-refractivity contribution in [2.24, 2.45) is 12.0 Å². The van der Waals surface area contributed by atoms with E-state index in [0.717, 1.165) is 24.2 Å². The van der Waals surface area contributed by atoms with Gasteiger partial charge in [0, 0.05) is 20.0 Å². The Bertz CT molecular complexity index is 973.